The molecule has 0 radical (unpaired) electrons. The summed E-state index contributed by atoms with van der Waals surface area (Å²) in [6.07, 6.45) is 0. The van der Waals surface area contributed by atoms with Gasteiger partial charge in [-0.15, -0.1) is 0 Å². The van der Waals surface area contributed by atoms with Gasteiger partial charge in [0.15, 0.2) is 0 Å². The van der Waals surface area contributed by atoms with Gasteiger partial charge in [-0.25, -0.2) is 4.98 Å². The fourth-order valence-electron chi connectivity index (χ4n) is 3.58. The largest absolute Gasteiger partial charge is 0.476 e. The molecule has 2 aliphatic rings. The number of hydrogen-bond acceptors (Lipinski definition) is 9. The second-order valence-electron chi connectivity index (χ2n) is 7.84. The first-order valence-electron chi connectivity index (χ1n) is 10.9. The van der Waals surface area contributed by atoms with E-state index in [-0.39, 0.29) is 11.6 Å². The van der Waals surface area contributed by atoms with Crippen molar-refractivity contribution < 1.29 is 19.0 Å². The third-order valence-electron chi connectivity index (χ3n) is 5.44. The van der Waals surface area contributed by atoms with Gasteiger partial charge in [0.1, 0.15) is 12.3 Å². The number of amides is 1. The predicted octanol–water partition coefficient (Wildman–Crippen LogP) is 1.17. The van der Waals surface area contributed by atoms with Crippen molar-refractivity contribution in [2.75, 3.05) is 81.7 Å². The molecule has 10 heteroatoms. The molecule has 0 bridgehead atoms. The Kier molecular flexibility index (Phi) is 7.35. The van der Waals surface area contributed by atoms with Crippen LogP contribution in [-0.2, 0) is 9.47 Å². The summed E-state index contributed by atoms with van der Waals surface area (Å²) in [6.45, 7) is 8.91. The van der Waals surface area contributed by atoms with E-state index in [1.807, 2.05) is 24.0 Å². The molecule has 2 fully saturated rings. The van der Waals surface area contributed by atoms with Gasteiger partial charge in [-0.3, -0.25) is 9.69 Å². The number of nitrogens with two attached hydrogens (primary N) is 1. The minimum atomic E-state index is -0.364. The van der Waals surface area contributed by atoms with Gasteiger partial charge in [-0.2, -0.15) is 4.98 Å². The van der Waals surface area contributed by atoms with Gasteiger partial charge >= 0.3 is 0 Å². The quantitative estimate of drug-likeness (QED) is 0.610. The van der Waals surface area contributed by atoms with Crippen molar-refractivity contribution in [2.45, 2.75) is 6.92 Å². The summed E-state index contributed by atoms with van der Waals surface area (Å²) < 4.78 is 16.7. The Morgan fingerprint density at radius 1 is 1.09 bits per heavy atom. The molecular formula is C22H30N6O4. The van der Waals surface area contributed by atoms with Crippen molar-refractivity contribution in [3.8, 4) is 5.88 Å². The van der Waals surface area contributed by atoms with Crippen molar-refractivity contribution in [2.24, 2.45) is 0 Å². The van der Waals surface area contributed by atoms with E-state index in [1.165, 1.54) is 0 Å². The van der Waals surface area contributed by atoms with E-state index in [0.29, 0.717) is 56.1 Å². The van der Waals surface area contributed by atoms with Crippen LogP contribution in [0.25, 0.3) is 0 Å². The van der Waals surface area contributed by atoms with Crippen LogP contribution in [0.3, 0.4) is 0 Å². The number of nitrogens with zero attached hydrogens (tertiary/aromatic N) is 4. The number of rotatable bonds is 7. The number of carbonyl (C=O) groups excluding carboxylic acids is 1. The highest BCUT2D eigenvalue weighted by Gasteiger charge is 2.20. The van der Waals surface area contributed by atoms with Gasteiger partial charge < -0.3 is 30.2 Å². The molecule has 1 aromatic carbocycles. The summed E-state index contributed by atoms with van der Waals surface area (Å²) in [6, 6.07) is 7.07. The molecule has 172 valence electrons. The third kappa shape index (κ3) is 5.84. The zero-order valence-electron chi connectivity index (χ0n) is 18.4. The van der Waals surface area contributed by atoms with Crippen molar-refractivity contribution in [3.05, 3.63) is 35.5 Å². The summed E-state index contributed by atoms with van der Waals surface area (Å²) >= 11 is 0. The van der Waals surface area contributed by atoms with Crippen molar-refractivity contribution in [1.29, 1.82) is 0 Å². The van der Waals surface area contributed by atoms with Crippen molar-refractivity contribution in [1.82, 2.24) is 14.9 Å². The lowest BCUT2D eigenvalue weighted by molar-refractivity contribution is 0.0320. The number of morpholine rings is 2. The smallest absolute Gasteiger partial charge is 0.274 e. The van der Waals surface area contributed by atoms with E-state index in [4.69, 9.17) is 19.9 Å². The van der Waals surface area contributed by atoms with Crippen LogP contribution in [-0.4, -0.2) is 86.5 Å². The summed E-state index contributed by atoms with van der Waals surface area (Å²) in [7, 11) is 0. The van der Waals surface area contributed by atoms with E-state index in [0.717, 1.165) is 38.4 Å². The second kappa shape index (κ2) is 10.6. The lowest BCUT2D eigenvalue weighted by Gasteiger charge is -2.27. The van der Waals surface area contributed by atoms with Gasteiger partial charge in [0.05, 0.1) is 37.8 Å². The lowest BCUT2D eigenvalue weighted by atomic mass is 10.2. The number of carbonyl (C=O) groups is 1. The van der Waals surface area contributed by atoms with Crippen LogP contribution >= 0.6 is 0 Å². The van der Waals surface area contributed by atoms with Crippen molar-refractivity contribution >= 4 is 23.2 Å². The molecule has 0 aliphatic carbocycles. The number of nitrogens with one attached hydrogen (secondary N) is 1. The number of nitrogen functional groups attached to an aromatic ring is 1. The van der Waals surface area contributed by atoms with Gasteiger partial charge in [0.25, 0.3) is 5.91 Å². The standard InChI is InChI=1S/C22H30N6O4/c1-16-2-3-17(23)18(14-16)24-21(29)19-15-20(32-13-6-27-4-9-30-10-5-27)26-22(25-19)28-7-11-31-12-8-28/h2-3,14-15H,4-13,23H2,1H3,(H,24,29). The van der Waals surface area contributed by atoms with E-state index in [2.05, 4.69) is 20.2 Å². The average molecular weight is 443 g/mol. The Balaban J connectivity index is 1.50. The molecule has 3 heterocycles. The number of aryl methyl sites for hydroxylation is 1. The summed E-state index contributed by atoms with van der Waals surface area (Å²) in [4.78, 5) is 26.3. The molecule has 4 rings (SSSR count). The fraction of sp³-hybridized carbons (Fsp3) is 0.500. The number of hydrogen-bond donors (Lipinski definition) is 2. The van der Waals surface area contributed by atoms with Crippen LogP contribution in [0.15, 0.2) is 24.3 Å². The lowest BCUT2D eigenvalue weighted by Crippen LogP contribution is -2.39. The van der Waals surface area contributed by atoms with E-state index in [1.54, 1.807) is 12.1 Å². The van der Waals surface area contributed by atoms with Crippen LogP contribution in [0.5, 0.6) is 5.88 Å². The number of anilines is 3. The molecule has 10 nitrogen and oxygen atoms in total. The van der Waals surface area contributed by atoms with E-state index in [9.17, 15) is 4.79 Å². The molecule has 0 atom stereocenters. The Labute approximate surface area is 187 Å². The molecule has 0 saturated carbocycles. The SMILES string of the molecule is Cc1ccc(N)c(NC(=O)c2cc(OCCN3CCOCC3)nc(N3CCOCC3)n2)c1. The van der Waals surface area contributed by atoms with Gasteiger partial charge in [-0.05, 0) is 24.6 Å². The average Bonchev–Trinajstić information content (AvgIpc) is 2.82. The molecule has 1 aromatic heterocycles. The minimum absolute atomic E-state index is 0.226. The van der Waals surface area contributed by atoms with Gasteiger partial charge in [0.2, 0.25) is 11.8 Å². The maximum atomic E-state index is 13.0. The summed E-state index contributed by atoms with van der Waals surface area (Å²) in [5, 5.41) is 2.86. The molecule has 32 heavy (non-hydrogen) atoms. The van der Waals surface area contributed by atoms with Gasteiger partial charge in [0, 0.05) is 38.8 Å². The number of benzene rings is 1. The first kappa shape index (κ1) is 22.3. The van der Waals surface area contributed by atoms with Crippen molar-refractivity contribution in [3.63, 3.8) is 0 Å². The molecule has 1 amide bonds. The van der Waals surface area contributed by atoms with Crippen LogP contribution in [0.4, 0.5) is 17.3 Å². The summed E-state index contributed by atoms with van der Waals surface area (Å²) in [5.74, 6) is 0.467. The zero-order valence-corrected chi connectivity index (χ0v) is 18.4. The Bertz CT molecular complexity index is 929. The second-order valence-corrected chi connectivity index (χ2v) is 7.84. The Morgan fingerprint density at radius 2 is 1.81 bits per heavy atom. The molecule has 3 N–H and O–H groups in total. The zero-order chi connectivity index (χ0) is 22.3. The maximum Gasteiger partial charge on any atom is 0.274 e. The minimum Gasteiger partial charge on any atom is -0.476 e. The predicted molar refractivity (Wildman–Crippen MR) is 121 cm³/mol. The molecule has 0 spiro atoms. The third-order valence-corrected chi connectivity index (χ3v) is 5.44. The van der Waals surface area contributed by atoms with E-state index < -0.39 is 0 Å². The highest BCUT2D eigenvalue weighted by Crippen LogP contribution is 2.22. The van der Waals surface area contributed by atoms with E-state index >= 15 is 0 Å². The Morgan fingerprint density at radius 3 is 2.56 bits per heavy atom. The summed E-state index contributed by atoms with van der Waals surface area (Å²) in [5.41, 5.74) is 8.29. The molecular weight excluding hydrogens is 412 g/mol. The molecule has 2 aromatic rings. The number of ether oxygens (including phenoxy) is 3. The molecule has 2 aliphatic heterocycles. The monoisotopic (exact) mass is 442 g/mol. The molecule has 2 saturated heterocycles. The van der Waals surface area contributed by atoms with Crippen LogP contribution in [0.2, 0.25) is 0 Å². The fourth-order valence-corrected chi connectivity index (χ4v) is 3.58. The van der Waals surface area contributed by atoms with Crippen LogP contribution < -0.4 is 20.7 Å². The highest BCUT2D eigenvalue weighted by atomic mass is 16.5. The Hall–Kier alpha value is -2.95. The van der Waals surface area contributed by atoms with Crippen LogP contribution in [0, 0.1) is 6.92 Å². The molecule has 0 unspecified atom stereocenters. The maximum absolute atomic E-state index is 13.0. The first-order valence-corrected chi connectivity index (χ1v) is 10.9. The normalized spacial score (nSPS) is 17.2. The highest BCUT2D eigenvalue weighted by molar-refractivity contribution is 6.04. The topological polar surface area (TPSA) is 115 Å². The van der Waals surface area contributed by atoms with Gasteiger partial charge in [-0.1, -0.05) is 6.07 Å². The first-order chi connectivity index (χ1) is 15.6. The number of aromatic nitrogens is 2. The van der Waals surface area contributed by atoms with Crippen LogP contribution in [0.1, 0.15) is 16.1 Å².